The van der Waals surface area contributed by atoms with Gasteiger partial charge in [-0.25, -0.2) is 4.98 Å². The highest BCUT2D eigenvalue weighted by Gasteiger charge is 2.03. The van der Waals surface area contributed by atoms with Crippen LogP contribution in [0.25, 0.3) is 10.9 Å². The maximum absolute atomic E-state index is 10.7. The summed E-state index contributed by atoms with van der Waals surface area (Å²) >= 11 is 3.50. The summed E-state index contributed by atoms with van der Waals surface area (Å²) in [5, 5.41) is 6.89. The first-order valence-corrected chi connectivity index (χ1v) is 6.34. The van der Waals surface area contributed by atoms with Gasteiger partial charge in [-0.2, -0.15) is 0 Å². The molecule has 0 fully saturated rings. The Balaban J connectivity index is 2.07. The third kappa shape index (κ3) is 3.16. The summed E-state index contributed by atoms with van der Waals surface area (Å²) in [5.74, 6) is 0.723. The Hall–Kier alpha value is -1.69. The second kappa shape index (κ2) is 5.77. The smallest absolute Gasteiger partial charge is 0.216 e. The van der Waals surface area contributed by atoms with Crippen LogP contribution in [0.1, 0.15) is 6.92 Å². The van der Waals surface area contributed by atoms with E-state index in [1.807, 2.05) is 12.1 Å². The zero-order valence-electron chi connectivity index (χ0n) is 9.90. The molecule has 1 amide bonds. The van der Waals surface area contributed by atoms with Crippen LogP contribution < -0.4 is 10.6 Å². The van der Waals surface area contributed by atoms with E-state index in [0.29, 0.717) is 13.1 Å². The van der Waals surface area contributed by atoms with Gasteiger partial charge in [-0.3, -0.25) is 9.78 Å². The summed E-state index contributed by atoms with van der Waals surface area (Å²) < 4.78 is 0.969. The number of nitrogens with zero attached hydrogens (tertiary/aromatic N) is 2. The Kier molecular flexibility index (Phi) is 4.09. The van der Waals surface area contributed by atoms with Crippen molar-refractivity contribution >= 4 is 38.6 Å². The number of hydrogen-bond donors (Lipinski definition) is 2. The molecule has 2 aromatic heterocycles. The molecule has 2 aromatic rings. The number of carbonyl (C=O) groups excluding carboxylic acids is 1. The number of hydrogen-bond acceptors (Lipinski definition) is 4. The average Bonchev–Trinajstić information content (AvgIpc) is 2.35. The summed E-state index contributed by atoms with van der Waals surface area (Å²) in [5.41, 5.74) is 0.828. The van der Waals surface area contributed by atoms with Gasteiger partial charge in [-0.15, -0.1) is 0 Å². The lowest BCUT2D eigenvalue weighted by molar-refractivity contribution is -0.118. The lowest BCUT2D eigenvalue weighted by atomic mass is 10.2. The molecule has 18 heavy (non-hydrogen) atoms. The molecule has 0 aromatic carbocycles. The molecule has 0 aliphatic carbocycles. The van der Waals surface area contributed by atoms with Crippen LogP contribution in [-0.2, 0) is 4.79 Å². The van der Waals surface area contributed by atoms with E-state index in [1.165, 1.54) is 6.92 Å². The van der Waals surface area contributed by atoms with Gasteiger partial charge >= 0.3 is 0 Å². The first kappa shape index (κ1) is 12.8. The summed E-state index contributed by atoms with van der Waals surface area (Å²) in [4.78, 5) is 19.2. The van der Waals surface area contributed by atoms with Crippen molar-refractivity contribution in [3.63, 3.8) is 0 Å². The van der Waals surface area contributed by atoms with E-state index in [1.54, 1.807) is 12.4 Å². The van der Waals surface area contributed by atoms with E-state index < -0.39 is 0 Å². The normalized spacial score (nSPS) is 10.3. The van der Waals surface area contributed by atoms with Crippen LogP contribution >= 0.6 is 15.9 Å². The highest BCUT2D eigenvalue weighted by Crippen LogP contribution is 2.24. The van der Waals surface area contributed by atoms with Crippen molar-refractivity contribution in [2.45, 2.75) is 6.92 Å². The predicted octanol–water partition coefficient (Wildman–Crippen LogP) is 1.94. The van der Waals surface area contributed by atoms with Crippen LogP contribution in [0.5, 0.6) is 0 Å². The van der Waals surface area contributed by atoms with Gasteiger partial charge in [0, 0.05) is 36.1 Å². The molecule has 94 valence electrons. The van der Waals surface area contributed by atoms with Crippen molar-refractivity contribution in [3.05, 3.63) is 29.0 Å². The van der Waals surface area contributed by atoms with Gasteiger partial charge < -0.3 is 10.6 Å². The highest BCUT2D eigenvalue weighted by atomic mass is 79.9. The Morgan fingerprint density at radius 1 is 1.44 bits per heavy atom. The third-order valence-corrected chi connectivity index (χ3v) is 3.02. The molecule has 0 aliphatic heterocycles. The summed E-state index contributed by atoms with van der Waals surface area (Å²) in [6, 6.07) is 3.82. The zero-order chi connectivity index (χ0) is 13.0. The topological polar surface area (TPSA) is 66.9 Å². The predicted molar refractivity (Wildman–Crippen MR) is 74.4 cm³/mol. The van der Waals surface area contributed by atoms with Crippen LogP contribution in [0.4, 0.5) is 5.82 Å². The van der Waals surface area contributed by atoms with Gasteiger partial charge in [-0.1, -0.05) is 0 Å². The number of pyridine rings is 2. The molecule has 0 spiro atoms. The maximum Gasteiger partial charge on any atom is 0.216 e. The molecule has 2 rings (SSSR count). The molecule has 2 heterocycles. The van der Waals surface area contributed by atoms with Crippen LogP contribution in [0, 0.1) is 0 Å². The van der Waals surface area contributed by atoms with Gasteiger partial charge in [0.1, 0.15) is 5.82 Å². The molecule has 0 saturated heterocycles. The minimum absolute atomic E-state index is 0.0337. The molecule has 0 bridgehead atoms. The standard InChI is InChI=1S/C12H13BrN4O/c1-8(18)15-4-5-16-12-6-10(13)9-2-3-14-7-11(9)17-12/h2-3,6-7H,4-5H2,1H3,(H,15,18)(H,16,17). The molecular weight excluding hydrogens is 296 g/mol. The molecule has 0 radical (unpaired) electrons. The first-order valence-electron chi connectivity index (χ1n) is 5.55. The summed E-state index contributed by atoms with van der Waals surface area (Å²) in [7, 11) is 0. The van der Waals surface area contributed by atoms with Gasteiger partial charge in [0.05, 0.1) is 11.7 Å². The second-order valence-corrected chi connectivity index (χ2v) is 4.65. The summed E-state index contributed by atoms with van der Waals surface area (Å²) in [6.45, 7) is 2.70. The largest absolute Gasteiger partial charge is 0.368 e. The number of nitrogens with one attached hydrogen (secondary N) is 2. The molecular formula is C12H13BrN4O. The Morgan fingerprint density at radius 3 is 3.06 bits per heavy atom. The van der Waals surface area contributed by atoms with Crippen LogP contribution in [0.3, 0.4) is 0 Å². The number of fused-ring (bicyclic) bond motifs is 1. The second-order valence-electron chi connectivity index (χ2n) is 3.79. The third-order valence-electron chi connectivity index (χ3n) is 2.37. The number of amides is 1. The highest BCUT2D eigenvalue weighted by molar-refractivity contribution is 9.10. The van der Waals surface area contributed by atoms with Crippen LogP contribution in [0.2, 0.25) is 0 Å². The fourth-order valence-corrected chi connectivity index (χ4v) is 2.11. The van der Waals surface area contributed by atoms with E-state index in [0.717, 1.165) is 21.2 Å². The monoisotopic (exact) mass is 308 g/mol. The minimum Gasteiger partial charge on any atom is -0.368 e. The van der Waals surface area contributed by atoms with E-state index in [-0.39, 0.29) is 5.91 Å². The molecule has 0 unspecified atom stereocenters. The van der Waals surface area contributed by atoms with Crippen molar-refractivity contribution in [3.8, 4) is 0 Å². The lowest BCUT2D eigenvalue weighted by Gasteiger charge is -2.08. The maximum atomic E-state index is 10.7. The Labute approximate surface area is 113 Å². The van der Waals surface area contributed by atoms with Gasteiger partial charge in [0.15, 0.2) is 0 Å². The van der Waals surface area contributed by atoms with Gasteiger partial charge in [0.2, 0.25) is 5.91 Å². The van der Waals surface area contributed by atoms with Gasteiger partial charge in [-0.05, 0) is 28.1 Å². The van der Waals surface area contributed by atoms with E-state index in [4.69, 9.17) is 0 Å². The Morgan fingerprint density at radius 2 is 2.28 bits per heavy atom. The first-order chi connectivity index (χ1) is 8.66. The quantitative estimate of drug-likeness (QED) is 0.847. The SMILES string of the molecule is CC(=O)NCCNc1cc(Br)c2ccncc2n1. The summed E-state index contributed by atoms with van der Waals surface area (Å²) in [6.07, 6.45) is 3.46. The number of rotatable bonds is 4. The van der Waals surface area contributed by atoms with Crippen molar-refractivity contribution in [1.29, 1.82) is 0 Å². The fraction of sp³-hybridized carbons (Fsp3) is 0.250. The van der Waals surface area contributed by atoms with Gasteiger partial charge in [0.25, 0.3) is 0 Å². The van der Waals surface area contributed by atoms with Crippen LogP contribution in [-0.4, -0.2) is 29.0 Å². The molecule has 0 atom stereocenters. The van der Waals surface area contributed by atoms with Crippen molar-refractivity contribution < 1.29 is 4.79 Å². The molecule has 0 saturated carbocycles. The fourth-order valence-electron chi connectivity index (χ4n) is 1.56. The number of halogens is 1. The zero-order valence-corrected chi connectivity index (χ0v) is 11.5. The number of aromatic nitrogens is 2. The van der Waals surface area contributed by atoms with Crippen LogP contribution in [0.15, 0.2) is 29.0 Å². The van der Waals surface area contributed by atoms with E-state index in [2.05, 4.69) is 36.5 Å². The van der Waals surface area contributed by atoms with Crippen molar-refractivity contribution in [2.75, 3.05) is 18.4 Å². The Bertz CT molecular complexity index is 573. The number of carbonyl (C=O) groups is 1. The van der Waals surface area contributed by atoms with E-state index in [9.17, 15) is 4.79 Å². The molecule has 2 N–H and O–H groups in total. The number of anilines is 1. The minimum atomic E-state index is -0.0337. The van der Waals surface area contributed by atoms with E-state index >= 15 is 0 Å². The lowest BCUT2D eigenvalue weighted by Crippen LogP contribution is -2.26. The molecule has 5 nitrogen and oxygen atoms in total. The van der Waals surface area contributed by atoms with Crippen molar-refractivity contribution in [2.24, 2.45) is 0 Å². The van der Waals surface area contributed by atoms with Crippen molar-refractivity contribution in [1.82, 2.24) is 15.3 Å². The molecule has 0 aliphatic rings. The average molecular weight is 309 g/mol. The molecule has 6 heteroatoms.